The fraction of sp³-hybridized carbons (Fsp3) is 0.500. The van der Waals surface area contributed by atoms with Gasteiger partial charge in [0.15, 0.2) is 0 Å². The molecular weight excluding hydrogens is 232 g/mol. The molecule has 0 bridgehead atoms. The molecule has 0 spiro atoms. The lowest BCUT2D eigenvalue weighted by Crippen LogP contribution is -2.13. The van der Waals surface area contributed by atoms with Crippen molar-refractivity contribution in [3.63, 3.8) is 0 Å². The van der Waals surface area contributed by atoms with Gasteiger partial charge in [0, 0.05) is 35.4 Å². The summed E-state index contributed by atoms with van der Waals surface area (Å²) < 4.78 is 0. The fourth-order valence-corrected chi connectivity index (χ4v) is 2.55. The Balaban J connectivity index is 1.87. The molecule has 2 aromatic rings. The summed E-state index contributed by atoms with van der Waals surface area (Å²) in [5, 5.41) is 11.7. The molecule has 4 nitrogen and oxygen atoms in total. The summed E-state index contributed by atoms with van der Waals surface area (Å²) in [5.74, 6) is 0. The molecule has 2 N–H and O–H groups in total. The number of nitrogens with one attached hydrogen (secondary N) is 2. The smallest absolute Gasteiger partial charge is 0.107 e. The highest BCUT2D eigenvalue weighted by Gasteiger charge is 2.06. The van der Waals surface area contributed by atoms with Gasteiger partial charge in [0.25, 0.3) is 0 Å². The van der Waals surface area contributed by atoms with Crippen LogP contribution in [0, 0.1) is 13.8 Å². The van der Waals surface area contributed by atoms with Crippen LogP contribution in [0.4, 0.5) is 0 Å². The predicted octanol–water partition coefficient (Wildman–Crippen LogP) is 2.34. The maximum atomic E-state index is 4.38. The van der Waals surface area contributed by atoms with Gasteiger partial charge in [-0.1, -0.05) is 6.92 Å². The molecule has 0 saturated carbocycles. The van der Waals surface area contributed by atoms with E-state index in [0.29, 0.717) is 0 Å². The molecule has 0 aliphatic carbocycles. The fourth-order valence-electron chi connectivity index (χ4n) is 1.72. The zero-order valence-corrected chi connectivity index (χ0v) is 11.3. The Hall–Kier alpha value is -1.20. The Bertz CT molecular complexity index is 467. The van der Waals surface area contributed by atoms with Gasteiger partial charge in [-0.2, -0.15) is 5.10 Å². The van der Waals surface area contributed by atoms with Crippen molar-refractivity contribution in [1.29, 1.82) is 0 Å². The van der Waals surface area contributed by atoms with Crippen LogP contribution in [-0.2, 0) is 19.5 Å². The summed E-state index contributed by atoms with van der Waals surface area (Å²) in [6.45, 7) is 7.90. The molecule has 0 aromatic carbocycles. The second-order valence-electron chi connectivity index (χ2n) is 4.09. The van der Waals surface area contributed by atoms with Gasteiger partial charge in [-0.15, -0.1) is 11.3 Å². The maximum absolute atomic E-state index is 4.38. The number of thiazole rings is 1. The zero-order chi connectivity index (χ0) is 12.3. The first-order valence-corrected chi connectivity index (χ1v) is 6.67. The molecule has 0 atom stereocenters. The lowest BCUT2D eigenvalue weighted by molar-refractivity contribution is 0.685. The van der Waals surface area contributed by atoms with Crippen LogP contribution < -0.4 is 5.32 Å². The second kappa shape index (κ2) is 5.42. The van der Waals surface area contributed by atoms with E-state index in [1.165, 1.54) is 10.4 Å². The number of H-pyrrole nitrogens is 1. The largest absolute Gasteiger partial charge is 0.306 e. The predicted molar refractivity (Wildman–Crippen MR) is 70.1 cm³/mol. The molecular formula is C12H18N4S. The summed E-state index contributed by atoms with van der Waals surface area (Å²) in [6.07, 6.45) is 3.04. The molecule has 0 radical (unpaired) electrons. The topological polar surface area (TPSA) is 53.6 Å². The Morgan fingerprint density at radius 3 is 2.76 bits per heavy atom. The zero-order valence-electron chi connectivity index (χ0n) is 10.5. The van der Waals surface area contributed by atoms with Crippen molar-refractivity contribution < 1.29 is 0 Å². The first kappa shape index (κ1) is 12.3. The van der Waals surface area contributed by atoms with Crippen LogP contribution in [0.25, 0.3) is 0 Å². The summed E-state index contributed by atoms with van der Waals surface area (Å²) >= 11 is 1.78. The third-order valence-corrected chi connectivity index (χ3v) is 3.95. The Labute approximate surface area is 105 Å². The Kier molecular flexibility index (Phi) is 3.91. The van der Waals surface area contributed by atoms with Gasteiger partial charge in [-0.25, -0.2) is 4.98 Å². The van der Waals surface area contributed by atoms with Gasteiger partial charge in [0.05, 0.1) is 5.69 Å². The van der Waals surface area contributed by atoms with E-state index in [4.69, 9.17) is 0 Å². The van der Waals surface area contributed by atoms with E-state index in [0.717, 1.165) is 35.9 Å². The molecule has 5 heteroatoms. The van der Waals surface area contributed by atoms with Gasteiger partial charge in [0.1, 0.15) is 5.01 Å². The monoisotopic (exact) mass is 250 g/mol. The number of hydrogen-bond donors (Lipinski definition) is 2. The SMILES string of the molecule is CCc1cnc(CNCc2c(C)n[nH]c2C)s1. The molecule has 0 saturated heterocycles. The normalized spacial score (nSPS) is 11.0. The highest BCUT2D eigenvalue weighted by atomic mass is 32.1. The first-order chi connectivity index (χ1) is 8.20. The minimum absolute atomic E-state index is 0.828. The van der Waals surface area contributed by atoms with Crippen LogP contribution >= 0.6 is 11.3 Å². The van der Waals surface area contributed by atoms with Gasteiger partial charge >= 0.3 is 0 Å². The van der Waals surface area contributed by atoms with Gasteiger partial charge in [0.2, 0.25) is 0 Å². The van der Waals surface area contributed by atoms with Gasteiger partial charge < -0.3 is 5.32 Å². The van der Waals surface area contributed by atoms with E-state index >= 15 is 0 Å². The Morgan fingerprint density at radius 2 is 2.18 bits per heavy atom. The minimum atomic E-state index is 0.828. The van der Waals surface area contributed by atoms with E-state index < -0.39 is 0 Å². The van der Waals surface area contributed by atoms with Crippen LogP contribution in [-0.4, -0.2) is 15.2 Å². The maximum Gasteiger partial charge on any atom is 0.107 e. The van der Waals surface area contributed by atoms with Crippen LogP contribution in [0.5, 0.6) is 0 Å². The summed E-state index contributed by atoms with van der Waals surface area (Å²) in [5.41, 5.74) is 3.48. The molecule has 0 unspecified atom stereocenters. The molecule has 2 rings (SSSR count). The van der Waals surface area contributed by atoms with Crippen LogP contribution in [0.3, 0.4) is 0 Å². The highest BCUT2D eigenvalue weighted by molar-refractivity contribution is 7.11. The number of aromatic nitrogens is 3. The number of nitrogens with zero attached hydrogens (tertiary/aromatic N) is 2. The van der Waals surface area contributed by atoms with Gasteiger partial charge in [-0.05, 0) is 20.3 Å². The van der Waals surface area contributed by atoms with E-state index in [1.54, 1.807) is 11.3 Å². The lowest BCUT2D eigenvalue weighted by Gasteiger charge is -2.02. The molecule has 0 aliphatic rings. The van der Waals surface area contributed by atoms with Crippen molar-refractivity contribution in [3.8, 4) is 0 Å². The number of aryl methyl sites for hydroxylation is 3. The summed E-state index contributed by atoms with van der Waals surface area (Å²) in [6, 6.07) is 0. The van der Waals surface area contributed by atoms with Crippen LogP contribution in [0.15, 0.2) is 6.20 Å². The number of aromatic amines is 1. The molecule has 0 amide bonds. The van der Waals surface area contributed by atoms with Crippen LogP contribution in [0.1, 0.15) is 33.8 Å². The Morgan fingerprint density at radius 1 is 1.35 bits per heavy atom. The molecule has 92 valence electrons. The summed E-state index contributed by atoms with van der Waals surface area (Å²) in [7, 11) is 0. The molecule has 0 fully saturated rings. The van der Waals surface area contributed by atoms with Gasteiger partial charge in [-0.3, -0.25) is 5.10 Å². The minimum Gasteiger partial charge on any atom is -0.306 e. The quantitative estimate of drug-likeness (QED) is 0.856. The van der Waals surface area contributed by atoms with E-state index in [-0.39, 0.29) is 0 Å². The lowest BCUT2D eigenvalue weighted by atomic mass is 10.2. The standard InChI is InChI=1S/C12H18N4S/c1-4-10-5-14-12(17-10)7-13-6-11-8(2)15-16-9(11)3/h5,13H,4,6-7H2,1-3H3,(H,15,16). The van der Waals surface area contributed by atoms with Crippen molar-refractivity contribution in [1.82, 2.24) is 20.5 Å². The molecule has 17 heavy (non-hydrogen) atoms. The van der Waals surface area contributed by atoms with E-state index in [2.05, 4.69) is 34.3 Å². The average Bonchev–Trinajstić information content (AvgIpc) is 2.90. The third kappa shape index (κ3) is 2.92. The number of hydrogen-bond acceptors (Lipinski definition) is 4. The first-order valence-electron chi connectivity index (χ1n) is 5.85. The second-order valence-corrected chi connectivity index (χ2v) is 5.29. The highest BCUT2D eigenvalue weighted by Crippen LogP contribution is 2.14. The van der Waals surface area contributed by atoms with Crippen molar-refractivity contribution >= 4 is 11.3 Å². The van der Waals surface area contributed by atoms with Crippen LogP contribution in [0.2, 0.25) is 0 Å². The van der Waals surface area contributed by atoms with Crippen molar-refractivity contribution in [2.75, 3.05) is 0 Å². The van der Waals surface area contributed by atoms with E-state index in [1.807, 2.05) is 13.1 Å². The number of rotatable bonds is 5. The molecule has 2 heterocycles. The average molecular weight is 250 g/mol. The van der Waals surface area contributed by atoms with Crippen molar-refractivity contribution in [2.24, 2.45) is 0 Å². The van der Waals surface area contributed by atoms with Crippen molar-refractivity contribution in [2.45, 2.75) is 40.3 Å². The van der Waals surface area contributed by atoms with Crippen molar-refractivity contribution in [3.05, 3.63) is 33.0 Å². The summed E-state index contributed by atoms with van der Waals surface area (Å²) in [4.78, 5) is 5.73. The molecule has 0 aliphatic heterocycles. The third-order valence-electron chi connectivity index (χ3n) is 2.81. The molecule has 2 aromatic heterocycles. The van der Waals surface area contributed by atoms with E-state index in [9.17, 15) is 0 Å².